The van der Waals surface area contributed by atoms with Crippen LogP contribution in [0.15, 0.2) is 84.9 Å². The van der Waals surface area contributed by atoms with Gasteiger partial charge in [0, 0.05) is 17.2 Å². The molecule has 4 N–H and O–H groups in total. The van der Waals surface area contributed by atoms with Crippen molar-refractivity contribution in [1.29, 1.82) is 5.26 Å². The molecular weight excluding hydrogens is 607 g/mol. The van der Waals surface area contributed by atoms with Gasteiger partial charge in [0.2, 0.25) is 21.8 Å². The number of benzene rings is 4. The summed E-state index contributed by atoms with van der Waals surface area (Å²) in [6.07, 6.45) is 0.0965. The number of nitrogens with two attached hydrogens (primary N) is 1. The fraction of sp³-hybridized carbons (Fsp3) is 0.219. The summed E-state index contributed by atoms with van der Waals surface area (Å²) >= 11 is 12.3. The Bertz CT molecular complexity index is 1820. The molecule has 3 atom stereocenters. The van der Waals surface area contributed by atoms with Crippen LogP contribution >= 0.6 is 23.2 Å². The Kier molecular flexibility index (Phi) is 9.65. The largest absolute Gasteiger partial charge is 0.368 e. The maximum atomic E-state index is 14.0. The maximum absolute atomic E-state index is 14.0. The van der Waals surface area contributed by atoms with Gasteiger partial charge in [-0.25, -0.2) is 8.42 Å². The number of primary amides is 1. The zero-order valence-electron chi connectivity index (χ0n) is 23.5. The number of carbonyl (C=O) groups excluding carboxylic acids is 2. The van der Waals surface area contributed by atoms with Crippen molar-refractivity contribution < 1.29 is 18.0 Å². The first kappa shape index (κ1) is 31.8. The summed E-state index contributed by atoms with van der Waals surface area (Å²) in [6.45, 7) is 3.58. The van der Waals surface area contributed by atoms with Crippen LogP contribution in [0.2, 0.25) is 10.0 Å². The second-order valence-electron chi connectivity index (χ2n) is 10.4. The van der Waals surface area contributed by atoms with Crippen molar-refractivity contribution in [3.05, 3.63) is 112 Å². The molecule has 11 heteroatoms. The molecule has 0 aromatic heterocycles. The molecule has 0 aliphatic heterocycles. The zero-order chi connectivity index (χ0) is 31.4. The van der Waals surface area contributed by atoms with Crippen LogP contribution in [0.3, 0.4) is 0 Å². The lowest BCUT2D eigenvalue weighted by molar-refractivity contribution is -0.128. The van der Waals surface area contributed by atoms with E-state index in [1.807, 2.05) is 31.2 Å². The fourth-order valence-corrected chi connectivity index (χ4v) is 6.75. The Morgan fingerprint density at radius 2 is 1.65 bits per heavy atom. The van der Waals surface area contributed by atoms with E-state index in [0.29, 0.717) is 34.2 Å². The second kappa shape index (κ2) is 13.0. The number of amides is 2. The lowest BCUT2D eigenvalue weighted by Gasteiger charge is -2.37. The second-order valence-corrected chi connectivity index (χ2v) is 13.1. The van der Waals surface area contributed by atoms with Crippen LogP contribution in [0.25, 0.3) is 10.8 Å². The van der Waals surface area contributed by atoms with Gasteiger partial charge in [-0.3, -0.25) is 14.3 Å². The average Bonchev–Trinajstić information content (AvgIpc) is 2.99. The van der Waals surface area contributed by atoms with E-state index in [-0.39, 0.29) is 16.5 Å². The van der Waals surface area contributed by atoms with E-state index in [0.717, 1.165) is 5.39 Å². The van der Waals surface area contributed by atoms with Gasteiger partial charge in [0.05, 0.1) is 27.4 Å². The summed E-state index contributed by atoms with van der Waals surface area (Å²) in [5.41, 5.74) is 6.62. The van der Waals surface area contributed by atoms with Gasteiger partial charge in [0.15, 0.2) is 5.25 Å². The van der Waals surface area contributed by atoms with E-state index < -0.39 is 38.5 Å². The molecule has 0 aliphatic carbocycles. The Morgan fingerprint density at radius 3 is 2.28 bits per heavy atom. The third kappa shape index (κ3) is 6.94. The van der Waals surface area contributed by atoms with E-state index in [2.05, 4.69) is 10.0 Å². The van der Waals surface area contributed by atoms with Crippen LogP contribution in [-0.2, 0) is 31.4 Å². The third-order valence-corrected chi connectivity index (χ3v) is 10.1. The smallest absolute Gasteiger partial charge is 0.245 e. The molecule has 0 spiro atoms. The maximum Gasteiger partial charge on any atom is 0.245 e. The number of nitrogens with zero attached hydrogens (tertiary/aromatic N) is 1. The van der Waals surface area contributed by atoms with E-state index in [1.54, 1.807) is 61.5 Å². The molecule has 3 unspecified atom stereocenters. The highest BCUT2D eigenvalue weighted by molar-refractivity contribution is 7.94. The van der Waals surface area contributed by atoms with Crippen molar-refractivity contribution >= 4 is 61.5 Å². The number of nitrogens with one attached hydrogen (secondary N) is 2. The Hall–Kier alpha value is -4.10. The average molecular weight is 638 g/mol. The molecule has 222 valence electrons. The molecule has 0 fully saturated rings. The number of halogens is 2. The molecule has 0 bridgehead atoms. The first-order valence-electron chi connectivity index (χ1n) is 13.4. The first-order chi connectivity index (χ1) is 20.4. The summed E-state index contributed by atoms with van der Waals surface area (Å²) in [4.78, 5) is 26.8. The highest BCUT2D eigenvalue weighted by Gasteiger charge is 2.42. The Morgan fingerprint density at radius 1 is 0.977 bits per heavy atom. The van der Waals surface area contributed by atoms with E-state index in [1.165, 1.54) is 12.1 Å². The Labute approximate surface area is 260 Å². The van der Waals surface area contributed by atoms with Crippen molar-refractivity contribution in [2.45, 2.75) is 43.4 Å². The summed E-state index contributed by atoms with van der Waals surface area (Å²) in [7, 11) is -4.41. The minimum atomic E-state index is -4.41. The van der Waals surface area contributed by atoms with Gasteiger partial charge in [-0.2, -0.15) is 5.26 Å². The fourth-order valence-electron chi connectivity index (χ4n) is 5.04. The molecule has 8 nitrogen and oxygen atoms in total. The van der Waals surface area contributed by atoms with Crippen LogP contribution < -0.4 is 15.8 Å². The summed E-state index contributed by atoms with van der Waals surface area (Å²) in [5.74, 6) is -1.76. The van der Waals surface area contributed by atoms with Crippen LogP contribution in [-0.4, -0.2) is 31.5 Å². The van der Waals surface area contributed by atoms with Crippen LogP contribution in [0.1, 0.15) is 37.0 Å². The lowest BCUT2D eigenvalue weighted by atomic mass is 9.73. The first-order valence-corrected chi connectivity index (χ1v) is 15.7. The van der Waals surface area contributed by atoms with Gasteiger partial charge < -0.3 is 11.1 Å². The summed E-state index contributed by atoms with van der Waals surface area (Å²) in [5, 5.41) is 12.1. The molecule has 2 amide bonds. The number of hydrogen-bond acceptors (Lipinski definition) is 5. The van der Waals surface area contributed by atoms with Gasteiger partial charge in [-0.15, -0.1) is 0 Å². The standard InChI is InChI=1S/C32H30Cl2N4O4S/c1-3-32(2,23-14-11-20(19-35)12-15-23)29(30(36)39)37-31(40)28(18-21-13-16-25(33)26(34)17-21)43(41,42)38-27-10-6-8-22-7-4-5-9-24(22)27/h4-17,28-29,38H,3,18H2,1-2H3,(H2,36,39)(H,37,40). The van der Waals surface area contributed by atoms with Gasteiger partial charge >= 0.3 is 0 Å². The number of fused-ring (bicyclic) bond motifs is 1. The number of nitriles is 1. The minimum Gasteiger partial charge on any atom is -0.368 e. The molecule has 0 saturated carbocycles. The Balaban J connectivity index is 1.74. The summed E-state index contributed by atoms with van der Waals surface area (Å²) < 4.78 is 30.5. The predicted molar refractivity (Wildman–Crippen MR) is 170 cm³/mol. The summed E-state index contributed by atoms with van der Waals surface area (Å²) in [6, 6.07) is 24.4. The van der Waals surface area contributed by atoms with Crippen molar-refractivity contribution in [2.75, 3.05) is 4.72 Å². The lowest BCUT2D eigenvalue weighted by Crippen LogP contribution is -2.59. The molecule has 4 aromatic carbocycles. The molecular formula is C32H30Cl2N4O4S. The molecule has 0 radical (unpaired) electrons. The van der Waals surface area contributed by atoms with E-state index in [9.17, 15) is 23.3 Å². The van der Waals surface area contributed by atoms with Gasteiger partial charge in [-0.1, -0.05) is 91.6 Å². The normalized spacial score (nSPS) is 14.2. The van der Waals surface area contributed by atoms with E-state index in [4.69, 9.17) is 28.9 Å². The number of anilines is 1. The third-order valence-electron chi connectivity index (χ3n) is 7.73. The molecule has 43 heavy (non-hydrogen) atoms. The molecule has 4 rings (SSSR count). The predicted octanol–water partition coefficient (Wildman–Crippen LogP) is 5.71. The van der Waals surface area contributed by atoms with Crippen molar-refractivity contribution in [1.82, 2.24) is 5.32 Å². The molecule has 0 saturated heterocycles. The van der Waals surface area contributed by atoms with Crippen LogP contribution in [0.5, 0.6) is 0 Å². The van der Waals surface area contributed by atoms with E-state index >= 15 is 0 Å². The van der Waals surface area contributed by atoms with Gasteiger partial charge in [0.25, 0.3) is 0 Å². The SMILES string of the molecule is CCC(C)(c1ccc(C#N)cc1)C(NC(=O)C(Cc1ccc(Cl)c(Cl)c1)S(=O)(=O)Nc1cccc2ccccc12)C(N)=O. The minimum absolute atomic E-state index is 0.201. The molecule has 0 heterocycles. The quantitative estimate of drug-likeness (QED) is 0.193. The number of rotatable bonds is 11. The highest BCUT2D eigenvalue weighted by Crippen LogP contribution is 2.33. The zero-order valence-corrected chi connectivity index (χ0v) is 25.8. The number of hydrogen-bond donors (Lipinski definition) is 3. The topological polar surface area (TPSA) is 142 Å². The van der Waals surface area contributed by atoms with Crippen molar-refractivity contribution in [3.63, 3.8) is 0 Å². The molecule has 0 aliphatic rings. The van der Waals surface area contributed by atoms with Crippen molar-refractivity contribution in [3.8, 4) is 6.07 Å². The molecule has 4 aromatic rings. The van der Waals surface area contributed by atoms with Gasteiger partial charge in [-0.05, 0) is 53.3 Å². The monoisotopic (exact) mass is 636 g/mol. The highest BCUT2D eigenvalue weighted by atomic mass is 35.5. The number of carbonyl (C=O) groups is 2. The van der Waals surface area contributed by atoms with Gasteiger partial charge in [0.1, 0.15) is 6.04 Å². The van der Waals surface area contributed by atoms with Crippen molar-refractivity contribution in [2.24, 2.45) is 5.73 Å². The number of sulfonamides is 1. The van der Waals surface area contributed by atoms with Crippen LogP contribution in [0, 0.1) is 11.3 Å². The van der Waals surface area contributed by atoms with Crippen LogP contribution in [0.4, 0.5) is 5.69 Å².